The molecule has 0 spiro atoms. The van der Waals surface area contributed by atoms with Gasteiger partial charge in [0.2, 0.25) is 11.8 Å². The lowest BCUT2D eigenvalue weighted by atomic mass is 10.1. The Labute approximate surface area is 154 Å². The molecule has 136 valence electrons. The third-order valence-electron chi connectivity index (χ3n) is 3.78. The van der Waals surface area contributed by atoms with Gasteiger partial charge >= 0.3 is 0 Å². The first-order valence-electron chi connectivity index (χ1n) is 8.39. The fourth-order valence-electron chi connectivity index (χ4n) is 2.51. The monoisotopic (exact) mass is 352 g/mol. The highest BCUT2D eigenvalue weighted by molar-refractivity contribution is 5.99. The Balaban J connectivity index is 1.90. The molecule has 0 saturated carbocycles. The molecule has 0 aliphatic heterocycles. The summed E-state index contributed by atoms with van der Waals surface area (Å²) < 4.78 is 5.09. The number of carbonyl (C=O) groups is 2. The van der Waals surface area contributed by atoms with Crippen LogP contribution in [0.5, 0.6) is 5.75 Å². The third-order valence-corrected chi connectivity index (χ3v) is 3.78. The van der Waals surface area contributed by atoms with Crippen LogP contribution in [-0.4, -0.2) is 25.0 Å². The van der Waals surface area contributed by atoms with Crippen LogP contribution < -0.4 is 15.4 Å². The predicted octanol–water partition coefficient (Wildman–Crippen LogP) is 3.47. The second kappa shape index (κ2) is 8.85. The molecule has 0 radical (unpaired) electrons. The number of benzene rings is 2. The number of methoxy groups -OCH3 is 1. The van der Waals surface area contributed by atoms with Crippen molar-refractivity contribution in [1.82, 2.24) is 5.32 Å². The summed E-state index contributed by atoms with van der Waals surface area (Å²) >= 11 is 0. The van der Waals surface area contributed by atoms with Gasteiger partial charge in [-0.3, -0.25) is 9.59 Å². The quantitative estimate of drug-likeness (QED) is 0.782. The van der Waals surface area contributed by atoms with E-state index in [-0.39, 0.29) is 11.8 Å². The molecule has 0 heterocycles. The van der Waals surface area contributed by atoms with Crippen LogP contribution in [0.15, 0.2) is 48.5 Å². The van der Waals surface area contributed by atoms with Crippen molar-refractivity contribution in [2.75, 3.05) is 12.4 Å². The highest BCUT2D eigenvalue weighted by atomic mass is 16.5. The zero-order valence-electron chi connectivity index (χ0n) is 15.5. The molecule has 0 fully saturated rings. The summed E-state index contributed by atoms with van der Waals surface area (Å²) in [7, 11) is 1.60. The van der Waals surface area contributed by atoms with Crippen LogP contribution in [0, 0.1) is 13.8 Å². The molecule has 2 N–H and O–H groups in total. The summed E-state index contributed by atoms with van der Waals surface area (Å²) in [6.07, 6.45) is 3.09. The average molecular weight is 352 g/mol. The highest BCUT2D eigenvalue weighted by Crippen LogP contribution is 2.14. The summed E-state index contributed by atoms with van der Waals surface area (Å²) in [6.45, 7) is 5.59. The molecule has 0 bridgehead atoms. The third kappa shape index (κ3) is 5.77. The molecular formula is C21H24N2O3. The van der Waals surface area contributed by atoms with Crippen molar-refractivity contribution in [3.05, 3.63) is 65.2 Å². The lowest BCUT2D eigenvalue weighted by Crippen LogP contribution is -2.40. The molecule has 2 aromatic rings. The van der Waals surface area contributed by atoms with E-state index in [1.165, 1.54) is 6.08 Å². The van der Waals surface area contributed by atoms with Crippen molar-refractivity contribution in [2.24, 2.45) is 0 Å². The van der Waals surface area contributed by atoms with Gasteiger partial charge in [-0.25, -0.2) is 0 Å². The van der Waals surface area contributed by atoms with E-state index in [0.29, 0.717) is 0 Å². The Hall–Kier alpha value is -3.08. The maximum absolute atomic E-state index is 12.3. The van der Waals surface area contributed by atoms with Gasteiger partial charge in [-0.2, -0.15) is 0 Å². The van der Waals surface area contributed by atoms with Gasteiger partial charge < -0.3 is 15.4 Å². The zero-order chi connectivity index (χ0) is 19.1. The summed E-state index contributed by atoms with van der Waals surface area (Å²) in [5.74, 6) is 0.161. The van der Waals surface area contributed by atoms with Crippen molar-refractivity contribution >= 4 is 23.6 Å². The van der Waals surface area contributed by atoms with Gasteiger partial charge in [-0.15, -0.1) is 0 Å². The van der Waals surface area contributed by atoms with E-state index in [1.807, 2.05) is 56.3 Å². The lowest BCUT2D eigenvalue weighted by Gasteiger charge is -2.14. The number of aryl methyl sites for hydroxylation is 2. The number of rotatable bonds is 6. The van der Waals surface area contributed by atoms with Crippen LogP contribution in [0.4, 0.5) is 5.69 Å². The normalized spacial score (nSPS) is 11.8. The van der Waals surface area contributed by atoms with E-state index in [4.69, 9.17) is 4.74 Å². The molecule has 0 saturated heterocycles. The first-order chi connectivity index (χ1) is 12.4. The van der Waals surface area contributed by atoms with Crippen LogP contribution >= 0.6 is 0 Å². The Morgan fingerprint density at radius 1 is 1.04 bits per heavy atom. The van der Waals surface area contributed by atoms with Gasteiger partial charge in [0.15, 0.2) is 0 Å². The van der Waals surface area contributed by atoms with Crippen LogP contribution in [0.2, 0.25) is 0 Å². The van der Waals surface area contributed by atoms with E-state index in [9.17, 15) is 9.59 Å². The molecule has 2 rings (SSSR count). The van der Waals surface area contributed by atoms with E-state index in [1.54, 1.807) is 20.1 Å². The van der Waals surface area contributed by atoms with Crippen molar-refractivity contribution in [3.63, 3.8) is 0 Å². The number of anilines is 1. The molecule has 26 heavy (non-hydrogen) atoms. The minimum atomic E-state index is -0.649. The molecule has 5 heteroatoms. The fourth-order valence-corrected chi connectivity index (χ4v) is 2.51. The predicted molar refractivity (Wildman–Crippen MR) is 104 cm³/mol. The van der Waals surface area contributed by atoms with E-state index < -0.39 is 6.04 Å². The second-order valence-corrected chi connectivity index (χ2v) is 6.20. The first-order valence-corrected chi connectivity index (χ1v) is 8.39. The van der Waals surface area contributed by atoms with Gasteiger partial charge in [0, 0.05) is 11.8 Å². The molecule has 5 nitrogen and oxygen atoms in total. The molecule has 0 aromatic heterocycles. The van der Waals surface area contributed by atoms with Gasteiger partial charge in [0.25, 0.3) is 0 Å². The van der Waals surface area contributed by atoms with Gasteiger partial charge in [0.1, 0.15) is 11.8 Å². The maximum Gasteiger partial charge on any atom is 0.246 e. The lowest BCUT2D eigenvalue weighted by molar-refractivity contribution is -0.123. The average Bonchev–Trinajstić information content (AvgIpc) is 2.59. The van der Waals surface area contributed by atoms with Crippen molar-refractivity contribution < 1.29 is 14.3 Å². The zero-order valence-corrected chi connectivity index (χ0v) is 15.5. The second-order valence-electron chi connectivity index (χ2n) is 6.20. The highest BCUT2D eigenvalue weighted by Gasteiger charge is 2.14. The standard InChI is InChI=1S/C21H24N2O3/c1-14-11-15(2)13-18(12-14)23-21(25)16(3)22-20(24)10-7-17-5-8-19(26-4)9-6-17/h5-13,16H,1-4H3,(H,22,24)(H,23,25)/b10-7+. The number of amides is 2. The first kappa shape index (κ1) is 19.2. The molecule has 2 amide bonds. The summed E-state index contributed by atoms with van der Waals surface area (Å²) in [5.41, 5.74) is 3.73. The van der Waals surface area contributed by atoms with Gasteiger partial charge in [0.05, 0.1) is 7.11 Å². The number of nitrogens with one attached hydrogen (secondary N) is 2. The van der Waals surface area contributed by atoms with Crippen molar-refractivity contribution in [1.29, 1.82) is 0 Å². The van der Waals surface area contributed by atoms with Crippen LogP contribution in [0.1, 0.15) is 23.6 Å². The van der Waals surface area contributed by atoms with Crippen LogP contribution in [0.3, 0.4) is 0 Å². The summed E-state index contributed by atoms with van der Waals surface area (Å²) in [6, 6.07) is 12.5. The maximum atomic E-state index is 12.3. The smallest absolute Gasteiger partial charge is 0.246 e. The van der Waals surface area contributed by atoms with E-state index in [0.717, 1.165) is 28.1 Å². The summed E-state index contributed by atoms with van der Waals surface area (Å²) in [4.78, 5) is 24.3. The van der Waals surface area contributed by atoms with Crippen molar-refractivity contribution in [2.45, 2.75) is 26.8 Å². The molecule has 2 aromatic carbocycles. The Bertz CT molecular complexity index is 790. The number of carbonyl (C=O) groups excluding carboxylic acids is 2. The topological polar surface area (TPSA) is 67.4 Å². The molecule has 0 aliphatic carbocycles. The van der Waals surface area contributed by atoms with Gasteiger partial charge in [-0.05, 0) is 67.8 Å². The van der Waals surface area contributed by atoms with Crippen LogP contribution in [-0.2, 0) is 9.59 Å². The number of hydrogen-bond donors (Lipinski definition) is 2. The molecule has 1 atom stereocenters. The summed E-state index contributed by atoms with van der Waals surface area (Å²) in [5, 5.41) is 5.48. The van der Waals surface area contributed by atoms with Gasteiger partial charge in [-0.1, -0.05) is 18.2 Å². The molecular weight excluding hydrogens is 328 g/mol. The van der Waals surface area contributed by atoms with Crippen LogP contribution in [0.25, 0.3) is 6.08 Å². The minimum absolute atomic E-state index is 0.263. The number of hydrogen-bond acceptors (Lipinski definition) is 3. The van der Waals surface area contributed by atoms with E-state index in [2.05, 4.69) is 10.6 Å². The van der Waals surface area contributed by atoms with E-state index >= 15 is 0 Å². The number of ether oxygens (including phenoxy) is 1. The molecule has 0 aliphatic rings. The fraction of sp³-hybridized carbons (Fsp3) is 0.238. The molecule has 1 unspecified atom stereocenters. The van der Waals surface area contributed by atoms with Crippen molar-refractivity contribution in [3.8, 4) is 5.75 Å². The Morgan fingerprint density at radius 3 is 2.23 bits per heavy atom. The Kier molecular flexibility index (Phi) is 6.55. The largest absolute Gasteiger partial charge is 0.497 e. The SMILES string of the molecule is COc1ccc(/C=C/C(=O)NC(C)C(=O)Nc2cc(C)cc(C)c2)cc1. The minimum Gasteiger partial charge on any atom is -0.497 e. The Morgan fingerprint density at radius 2 is 1.65 bits per heavy atom.